The number of fused-ring (bicyclic) bond motifs is 3. The standard InChI is InChI=1S/C18H22/c1-4-13-5-7-17-15(9-13)11-16-10-14(12(2)3)6-8-18(16)17/h5-10,12,16,18H,4,11H2,1-3H3. The summed E-state index contributed by atoms with van der Waals surface area (Å²) in [6, 6.07) is 7.08. The van der Waals surface area contributed by atoms with Gasteiger partial charge in [-0.1, -0.05) is 57.2 Å². The van der Waals surface area contributed by atoms with Gasteiger partial charge in [-0.25, -0.2) is 0 Å². The fraction of sp³-hybridized carbons (Fsp3) is 0.444. The van der Waals surface area contributed by atoms with E-state index in [2.05, 4.69) is 57.2 Å². The van der Waals surface area contributed by atoms with Crippen LogP contribution in [0.4, 0.5) is 0 Å². The molecule has 2 unspecified atom stereocenters. The lowest BCUT2D eigenvalue weighted by atomic mass is 9.83. The molecule has 0 aliphatic heterocycles. The van der Waals surface area contributed by atoms with Crippen molar-refractivity contribution in [2.24, 2.45) is 11.8 Å². The predicted molar refractivity (Wildman–Crippen MR) is 77.8 cm³/mol. The summed E-state index contributed by atoms with van der Waals surface area (Å²) in [6.45, 7) is 6.81. The van der Waals surface area contributed by atoms with Crippen LogP contribution in [-0.4, -0.2) is 0 Å². The summed E-state index contributed by atoms with van der Waals surface area (Å²) in [6.07, 6.45) is 9.66. The van der Waals surface area contributed by atoms with Gasteiger partial charge in [0.2, 0.25) is 0 Å². The molecule has 0 radical (unpaired) electrons. The summed E-state index contributed by atoms with van der Waals surface area (Å²) in [4.78, 5) is 0. The Labute approximate surface area is 110 Å². The minimum Gasteiger partial charge on any atom is -0.0767 e. The number of hydrogen-bond donors (Lipinski definition) is 0. The van der Waals surface area contributed by atoms with E-state index < -0.39 is 0 Å². The van der Waals surface area contributed by atoms with Crippen molar-refractivity contribution in [3.05, 3.63) is 58.7 Å². The zero-order chi connectivity index (χ0) is 12.7. The van der Waals surface area contributed by atoms with E-state index in [4.69, 9.17) is 0 Å². The van der Waals surface area contributed by atoms with Gasteiger partial charge in [0.1, 0.15) is 0 Å². The van der Waals surface area contributed by atoms with Crippen LogP contribution in [0.2, 0.25) is 0 Å². The van der Waals surface area contributed by atoms with Crippen LogP contribution in [0.15, 0.2) is 42.0 Å². The number of rotatable bonds is 2. The van der Waals surface area contributed by atoms with Crippen LogP contribution in [0.25, 0.3) is 0 Å². The maximum absolute atomic E-state index is 2.51. The van der Waals surface area contributed by atoms with Crippen LogP contribution in [0.1, 0.15) is 43.4 Å². The third-order valence-corrected chi connectivity index (χ3v) is 4.46. The van der Waals surface area contributed by atoms with Gasteiger partial charge in [-0.05, 0) is 46.9 Å². The molecule has 0 N–H and O–H groups in total. The maximum atomic E-state index is 2.51. The molecular formula is C18H22. The highest BCUT2D eigenvalue weighted by Gasteiger charge is 2.31. The molecule has 0 fully saturated rings. The molecule has 0 saturated carbocycles. The van der Waals surface area contributed by atoms with Gasteiger partial charge in [0, 0.05) is 5.92 Å². The van der Waals surface area contributed by atoms with E-state index in [0.29, 0.717) is 17.8 Å². The van der Waals surface area contributed by atoms with Crippen molar-refractivity contribution < 1.29 is 0 Å². The van der Waals surface area contributed by atoms with E-state index >= 15 is 0 Å². The molecule has 18 heavy (non-hydrogen) atoms. The smallest absolute Gasteiger partial charge is 0.00901 e. The van der Waals surface area contributed by atoms with Gasteiger partial charge in [0.25, 0.3) is 0 Å². The summed E-state index contributed by atoms with van der Waals surface area (Å²) in [5, 5.41) is 0. The first kappa shape index (κ1) is 11.8. The number of aryl methyl sites for hydroxylation is 1. The van der Waals surface area contributed by atoms with Crippen LogP contribution >= 0.6 is 0 Å². The summed E-state index contributed by atoms with van der Waals surface area (Å²) < 4.78 is 0. The first-order chi connectivity index (χ1) is 8.69. The first-order valence-corrected chi connectivity index (χ1v) is 7.20. The molecule has 0 saturated heterocycles. The number of hydrogen-bond acceptors (Lipinski definition) is 0. The van der Waals surface area contributed by atoms with Crippen molar-refractivity contribution in [3.63, 3.8) is 0 Å². The molecule has 0 heterocycles. The highest BCUT2D eigenvalue weighted by molar-refractivity contribution is 5.46. The molecule has 3 rings (SSSR count). The van der Waals surface area contributed by atoms with Crippen LogP contribution in [0, 0.1) is 11.8 Å². The molecule has 1 aromatic rings. The molecule has 0 spiro atoms. The summed E-state index contributed by atoms with van der Waals surface area (Å²) in [5.41, 5.74) is 6.13. The van der Waals surface area contributed by atoms with Crippen LogP contribution < -0.4 is 0 Å². The van der Waals surface area contributed by atoms with E-state index in [0.717, 1.165) is 6.42 Å². The second kappa shape index (κ2) is 4.42. The van der Waals surface area contributed by atoms with Gasteiger partial charge >= 0.3 is 0 Å². The van der Waals surface area contributed by atoms with E-state index in [-0.39, 0.29) is 0 Å². The maximum Gasteiger partial charge on any atom is 0.00901 e. The fourth-order valence-electron chi connectivity index (χ4n) is 3.30. The lowest BCUT2D eigenvalue weighted by molar-refractivity contribution is 0.609. The molecule has 2 aliphatic carbocycles. The van der Waals surface area contributed by atoms with Crippen molar-refractivity contribution in [2.45, 2.75) is 39.5 Å². The van der Waals surface area contributed by atoms with Crippen molar-refractivity contribution in [1.82, 2.24) is 0 Å². The average molecular weight is 238 g/mol. The summed E-state index contributed by atoms with van der Waals surface area (Å²) >= 11 is 0. The molecule has 0 amide bonds. The highest BCUT2D eigenvalue weighted by Crippen LogP contribution is 2.43. The molecular weight excluding hydrogens is 216 g/mol. The van der Waals surface area contributed by atoms with Crippen molar-refractivity contribution in [1.29, 1.82) is 0 Å². The Morgan fingerprint density at radius 1 is 1.28 bits per heavy atom. The van der Waals surface area contributed by atoms with E-state index in [1.165, 1.54) is 17.6 Å². The largest absolute Gasteiger partial charge is 0.0767 e. The fourth-order valence-corrected chi connectivity index (χ4v) is 3.30. The Bertz CT molecular complexity index is 517. The second-order valence-electron chi connectivity index (χ2n) is 5.96. The molecule has 0 aromatic heterocycles. The second-order valence-corrected chi connectivity index (χ2v) is 5.96. The van der Waals surface area contributed by atoms with Gasteiger partial charge in [0.05, 0.1) is 0 Å². The van der Waals surface area contributed by atoms with Crippen LogP contribution in [-0.2, 0) is 12.8 Å². The first-order valence-electron chi connectivity index (χ1n) is 7.20. The van der Waals surface area contributed by atoms with Gasteiger partial charge in [-0.3, -0.25) is 0 Å². The Kier molecular flexibility index (Phi) is 2.89. The topological polar surface area (TPSA) is 0 Å². The minimum absolute atomic E-state index is 0.633. The SMILES string of the molecule is CCc1ccc2c(c1)CC1C=C(C(C)C)C=CC21. The van der Waals surface area contributed by atoms with E-state index in [1.807, 2.05) is 0 Å². The summed E-state index contributed by atoms with van der Waals surface area (Å²) in [5.74, 6) is 1.99. The minimum atomic E-state index is 0.633. The number of allylic oxidation sites excluding steroid dienone is 4. The quantitative estimate of drug-likeness (QED) is 0.703. The van der Waals surface area contributed by atoms with Crippen LogP contribution in [0.3, 0.4) is 0 Å². The van der Waals surface area contributed by atoms with Crippen molar-refractivity contribution in [2.75, 3.05) is 0 Å². The Balaban J connectivity index is 1.94. The Hall–Kier alpha value is -1.30. The monoisotopic (exact) mass is 238 g/mol. The normalized spacial score (nSPS) is 25.0. The molecule has 2 atom stereocenters. The van der Waals surface area contributed by atoms with Gasteiger partial charge in [-0.2, -0.15) is 0 Å². The van der Waals surface area contributed by atoms with Gasteiger partial charge in [-0.15, -0.1) is 0 Å². The zero-order valence-corrected chi connectivity index (χ0v) is 11.6. The molecule has 0 heteroatoms. The Morgan fingerprint density at radius 2 is 2.11 bits per heavy atom. The summed E-state index contributed by atoms with van der Waals surface area (Å²) in [7, 11) is 0. The van der Waals surface area contributed by atoms with E-state index in [1.54, 1.807) is 11.1 Å². The zero-order valence-electron chi connectivity index (χ0n) is 11.6. The molecule has 0 nitrogen and oxygen atoms in total. The van der Waals surface area contributed by atoms with E-state index in [9.17, 15) is 0 Å². The average Bonchev–Trinajstić information content (AvgIpc) is 2.74. The van der Waals surface area contributed by atoms with Gasteiger partial charge < -0.3 is 0 Å². The lowest BCUT2D eigenvalue weighted by Crippen LogP contribution is -2.09. The lowest BCUT2D eigenvalue weighted by Gasteiger charge is -2.21. The number of benzene rings is 1. The molecule has 94 valence electrons. The predicted octanol–water partition coefficient (Wildman–Crippen LogP) is 4.66. The Morgan fingerprint density at radius 3 is 2.83 bits per heavy atom. The van der Waals surface area contributed by atoms with Crippen molar-refractivity contribution in [3.8, 4) is 0 Å². The molecule has 0 bridgehead atoms. The van der Waals surface area contributed by atoms with Gasteiger partial charge in [0.15, 0.2) is 0 Å². The van der Waals surface area contributed by atoms with Crippen LogP contribution in [0.5, 0.6) is 0 Å². The molecule has 1 aromatic carbocycles. The third kappa shape index (κ3) is 1.84. The third-order valence-electron chi connectivity index (χ3n) is 4.46. The molecule has 2 aliphatic rings. The highest BCUT2D eigenvalue weighted by atomic mass is 14.3. The van der Waals surface area contributed by atoms with Crippen molar-refractivity contribution >= 4 is 0 Å².